The highest BCUT2D eigenvalue weighted by molar-refractivity contribution is 9.10. The van der Waals surface area contributed by atoms with E-state index in [2.05, 4.69) is 21.0 Å². The number of ether oxygens (including phenoxy) is 1. The van der Waals surface area contributed by atoms with Crippen molar-refractivity contribution in [1.29, 1.82) is 0 Å². The zero-order valence-corrected chi connectivity index (χ0v) is 20.7. The van der Waals surface area contributed by atoms with Gasteiger partial charge in [0.25, 0.3) is 5.56 Å². The molecule has 1 heterocycles. The third-order valence-corrected chi connectivity index (χ3v) is 6.85. The van der Waals surface area contributed by atoms with E-state index in [9.17, 15) is 9.18 Å². The lowest BCUT2D eigenvalue weighted by Crippen LogP contribution is -2.25. The Hall–Kier alpha value is -3.32. The van der Waals surface area contributed by atoms with Crippen molar-refractivity contribution in [2.45, 2.75) is 44.6 Å². The summed E-state index contributed by atoms with van der Waals surface area (Å²) in [5.74, 6) is 1.29. The molecule has 35 heavy (non-hydrogen) atoms. The van der Waals surface area contributed by atoms with E-state index in [4.69, 9.17) is 9.72 Å². The van der Waals surface area contributed by atoms with Gasteiger partial charge in [-0.25, -0.2) is 9.37 Å². The molecule has 0 radical (unpaired) electrons. The molecule has 1 fully saturated rings. The zero-order chi connectivity index (χ0) is 24.2. The molecule has 0 N–H and O–H groups in total. The standard InChI is InChI=1S/C28H25BrFN3O2/c29-22-12-15-26-24(16-22)28(34)33(27(32-26)20-6-2-1-3-7-20)31-17-19-10-13-23(14-11-19)35-18-21-8-4-5-9-25(21)30/h4-5,8-17,20H,1-3,6-7,18H2. The first-order valence-corrected chi connectivity index (χ1v) is 12.6. The van der Waals surface area contributed by atoms with E-state index in [1.165, 1.54) is 17.2 Å². The Morgan fingerprint density at radius 1 is 1.06 bits per heavy atom. The monoisotopic (exact) mass is 533 g/mol. The summed E-state index contributed by atoms with van der Waals surface area (Å²) >= 11 is 3.45. The largest absolute Gasteiger partial charge is 0.489 e. The van der Waals surface area contributed by atoms with Crippen LogP contribution in [-0.2, 0) is 6.61 Å². The number of rotatable bonds is 6. The van der Waals surface area contributed by atoms with Gasteiger partial charge in [-0.2, -0.15) is 9.78 Å². The summed E-state index contributed by atoms with van der Waals surface area (Å²) in [6.45, 7) is 0.151. The molecule has 5 rings (SSSR count). The van der Waals surface area contributed by atoms with E-state index in [0.29, 0.717) is 22.2 Å². The second-order valence-electron chi connectivity index (χ2n) is 8.78. The number of halogens is 2. The number of hydrogen-bond acceptors (Lipinski definition) is 4. The number of benzene rings is 3. The highest BCUT2D eigenvalue weighted by atomic mass is 79.9. The first-order valence-electron chi connectivity index (χ1n) is 11.8. The maximum absolute atomic E-state index is 13.8. The van der Waals surface area contributed by atoms with Gasteiger partial charge >= 0.3 is 0 Å². The van der Waals surface area contributed by atoms with Crippen molar-refractivity contribution in [2.24, 2.45) is 5.10 Å². The molecular weight excluding hydrogens is 509 g/mol. The number of nitrogens with zero attached hydrogens (tertiary/aromatic N) is 3. The van der Waals surface area contributed by atoms with Gasteiger partial charge in [0.1, 0.15) is 24.0 Å². The predicted octanol–water partition coefficient (Wildman–Crippen LogP) is 6.81. The molecule has 0 spiro atoms. The van der Waals surface area contributed by atoms with Crippen LogP contribution in [0.25, 0.3) is 10.9 Å². The van der Waals surface area contributed by atoms with E-state index in [1.54, 1.807) is 30.5 Å². The van der Waals surface area contributed by atoms with Gasteiger partial charge in [-0.05, 0) is 66.9 Å². The van der Waals surface area contributed by atoms with E-state index in [1.807, 2.05) is 36.4 Å². The minimum absolute atomic E-state index is 0.151. The van der Waals surface area contributed by atoms with Crippen molar-refractivity contribution >= 4 is 33.0 Å². The van der Waals surface area contributed by atoms with Gasteiger partial charge in [0.2, 0.25) is 0 Å². The van der Waals surface area contributed by atoms with E-state index >= 15 is 0 Å². The molecule has 5 nitrogen and oxygen atoms in total. The molecule has 1 aliphatic carbocycles. The molecule has 4 aromatic rings. The average Bonchev–Trinajstić information content (AvgIpc) is 2.89. The van der Waals surface area contributed by atoms with Crippen molar-refractivity contribution in [1.82, 2.24) is 9.66 Å². The van der Waals surface area contributed by atoms with Crippen molar-refractivity contribution in [3.05, 3.63) is 104 Å². The maximum Gasteiger partial charge on any atom is 0.282 e. The van der Waals surface area contributed by atoms with Crippen molar-refractivity contribution < 1.29 is 9.13 Å². The fourth-order valence-electron chi connectivity index (χ4n) is 4.45. The summed E-state index contributed by atoms with van der Waals surface area (Å²) in [6, 6.07) is 19.5. The van der Waals surface area contributed by atoms with Crippen molar-refractivity contribution in [3.8, 4) is 5.75 Å². The van der Waals surface area contributed by atoms with Crippen LogP contribution in [0.1, 0.15) is 55.0 Å². The van der Waals surface area contributed by atoms with Crippen LogP contribution >= 0.6 is 15.9 Å². The predicted molar refractivity (Wildman–Crippen MR) is 140 cm³/mol. The Morgan fingerprint density at radius 2 is 1.83 bits per heavy atom. The zero-order valence-electron chi connectivity index (χ0n) is 19.2. The average molecular weight is 534 g/mol. The topological polar surface area (TPSA) is 56.5 Å². The molecule has 0 unspecified atom stereocenters. The minimum atomic E-state index is -0.286. The number of aromatic nitrogens is 2. The van der Waals surface area contributed by atoms with Crippen LogP contribution in [0, 0.1) is 5.82 Å². The fraction of sp³-hybridized carbons (Fsp3) is 0.250. The van der Waals surface area contributed by atoms with E-state index < -0.39 is 0 Å². The van der Waals surface area contributed by atoms with Crippen molar-refractivity contribution in [2.75, 3.05) is 0 Å². The summed E-state index contributed by atoms with van der Waals surface area (Å²) in [4.78, 5) is 18.3. The first kappa shape index (κ1) is 23.4. The second kappa shape index (κ2) is 10.5. The summed E-state index contributed by atoms with van der Waals surface area (Å²) in [6.07, 6.45) is 7.18. The van der Waals surface area contributed by atoms with Gasteiger partial charge in [0, 0.05) is 16.0 Å². The third-order valence-electron chi connectivity index (χ3n) is 6.36. The summed E-state index contributed by atoms with van der Waals surface area (Å²) in [5.41, 5.74) is 1.85. The summed E-state index contributed by atoms with van der Waals surface area (Å²) in [7, 11) is 0. The van der Waals surface area contributed by atoms with Gasteiger partial charge in [0.15, 0.2) is 0 Å². The lowest BCUT2D eigenvalue weighted by Gasteiger charge is -2.22. The van der Waals surface area contributed by atoms with Crippen LogP contribution < -0.4 is 10.3 Å². The van der Waals surface area contributed by atoms with Crippen LogP contribution in [0.2, 0.25) is 0 Å². The second-order valence-corrected chi connectivity index (χ2v) is 9.69. The highest BCUT2D eigenvalue weighted by Gasteiger charge is 2.22. The van der Waals surface area contributed by atoms with Crippen LogP contribution in [0.3, 0.4) is 0 Å². The molecule has 178 valence electrons. The van der Waals surface area contributed by atoms with Gasteiger partial charge < -0.3 is 4.74 Å². The molecule has 1 aromatic heterocycles. The van der Waals surface area contributed by atoms with Crippen LogP contribution in [0.15, 0.2) is 81.1 Å². The van der Waals surface area contributed by atoms with Gasteiger partial charge in [-0.15, -0.1) is 0 Å². The quantitative estimate of drug-likeness (QED) is 0.256. The molecule has 3 aromatic carbocycles. The number of fused-ring (bicyclic) bond motifs is 1. The van der Waals surface area contributed by atoms with Crippen molar-refractivity contribution in [3.63, 3.8) is 0 Å². The first-order chi connectivity index (χ1) is 17.1. The van der Waals surface area contributed by atoms with Gasteiger partial charge in [-0.1, -0.05) is 53.4 Å². The lowest BCUT2D eigenvalue weighted by atomic mass is 9.88. The molecule has 1 saturated carbocycles. The Labute approximate surface area is 211 Å². The minimum Gasteiger partial charge on any atom is -0.489 e. The van der Waals surface area contributed by atoms with Crippen LogP contribution in [0.5, 0.6) is 5.75 Å². The Bertz CT molecular complexity index is 1430. The van der Waals surface area contributed by atoms with Crippen LogP contribution in [0.4, 0.5) is 4.39 Å². The molecule has 0 bridgehead atoms. The smallest absolute Gasteiger partial charge is 0.282 e. The third kappa shape index (κ3) is 5.35. The van der Waals surface area contributed by atoms with Crippen LogP contribution in [-0.4, -0.2) is 15.9 Å². The summed E-state index contributed by atoms with van der Waals surface area (Å²) in [5, 5.41) is 5.11. The highest BCUT2D eigenvalue weighted by Crippen LogP contribution is 2.32. The molecular formula is C28H25BrFN3O2. The molecule has 7 heteroatoms. The normalized spacial score (nSPS) is 14.6. The summed E-state index contributed by atoms with van der Waals surface area (Å²) < 4.78 is 21.8. The SMILES string of the molecule is O=c1c2cc(Br)ccc2nc(C2CCCCC2)n1N=Cc1ccc(OCc2ccccc2F)cc1. The fourth-order valence-corrected chi connectivity index (χ4v) is 4.81. The maximum atomic E-state index is 13.8. The lowest BCUT2D eigenvalue weighted by molar-refractivity contribution is 0.300. The molecule has 0 aliphatic heterocycles. The Morgan fingerprint density at radius 3 is 2.60 bits per heavy atom. The molecule has 0 atom stereocenters. The Kier molecular flexibility index (Phi) is 7.04. The number of hydrogen-bond donors (Lipinski definition) is 0. The van der Waals surface area contributed by atoms with Gasteiger partial charge in [0.05, 0.1) is 17.1 Å². The molecule has 0 saturated heterocycles. The van der Waals surface area contributed by atoms with E-state index in [-0.39, 0.29) is 23.9 Å². The molecule has 1 aliphatic rings. The van der Waals surface area contributed by atoms with E-state index in [0.717, 1.165) is 41.5 Å². The van der Waals surface area contributed by atoms with Gasteiger partial charge in [-0.3, -0.25) is 4.79 Å². The molecule has 0 amide bonds. The Balaban J connectivity index is 1.41.